The first-order valence-electron chi connectivity index (χ1n) is 10.5. The Labute approximate surface area is 179 Å². The highest BCUT2D eigenvalue weighted by Gasteiger charge is 2.27. The van der Waals surface area contributed by atoms with E-state index in [0.717, 1.165) is 43.7 Å². The van der Waals surface area contributed by atoms with Gasteiger partial charge in [0.2, 0.25) is 10.0 Å². The van der Waals surface area contributed by atoms with Gasteiger partial charge >= 0.3 is 0 Å². The predicted molar refractivity (Wildman–Crippen MR) is 120 cm³/mol. The molecule has 0 saturated carbocycles. The normalized spacial score (nSPS) is 15.0. The van der Waals surface area contributed by atoms with Crippen LogP contribution >= 0.6 is 0 Å². The van der Waals surface area contributed by atoms with E-state index >= 15 is 0 Å². The van der Waals surface area contributed by atoms with Crippen LogP contribution in [0.4, 0.5) is 11.5 Å². The van der Waals surface area contributed by atoms with Crippen molar-refractivity contribution in [2.45, 2.75) is 44.9 Å². The Morgan fingerprint density at radius 2 is 1.80 bits per heavy atom. The number of carbonyl (C=O) groups is 1. The van der Waals surface area contributed by atoms with Gasteiger partial charge in [-0.05, 0) is 63.4 Å². The van der Waals surface area contributed by atoms with Crippen molar-refractivity contribution in [3.63, 3.8) is 0 Å². The van der Waals surface area contributed by atoms with Gasteiger partial charge in [0.05, 0.1) is 16.8 Å². The van der Waals surface area contributed by atoms with E-state index < -0.39 is 10.0 Å². The van der Waals surface area contributed by atoms with Crippen LogP contribution in [0.15, 0.2) is 41.4 Å². The fraction of sp³-hybridized carbons (Fsp3) is 0.455. The molecule has 1 N–H and O–H groups in total. The van der Waals surface area contributed by atoms with Crippen molar-refractivity contribution in [3.8, 4) is 0 Å². The first kappa shape index (κ1) is 22.2. The molecule has 0 bridgehead atoms. The SMILES string of the molecule is CCN(CC)c1ccc(NC(=O)c2cc(S(=O)(=O)N3CCCCC3)ccc2C)cn1. The number of aryl methyl sites for hydroxylation is 1. The maximum Gasteiger partial charge on any atom is 0.256 e. The van der Waals surface area contributed by atoms with Crippen LogP contribution in [-0.2, 0) is 10.0 Å². The average molecular weight is 431 g/mol. The van der Waals surface area contributed by atoms with Crippen LogP contribution in [0.2, 0.25) is 0 Å². The van der Waals surface area contributed by atoms with E-state index in [0.29, 0.717) is 24.3 Å². The van der Waals surface area contributed by atoms with Gasteiger partial charge < -0.3 is 10.2 Å². The van der Waals surface area contributed by atoms with Crippen molar-refractivity contribution in [2.75, 3.05) is 36.4 Å². The van der Waals surface area contributed by atoms with E-state index in [9.17, 15) is 13.2 Å². The lowest BCUT2D eigenvalue weighted by molar-refractivity contribution is 0.102. The van der Waals surface area contributed by atoms with Crippen LogP contribution in [0.1, 0.15) is 49.0 Å². The van der Waals surface area contributed by atoms with Gasteiger partial charge in [0.1, 0.15) is 5.82 Å². The lowest BCUT2D eigenvalue weighted by atomic mass is 10.1. The zero-order valence-corrected chi connectivity index (χ0v) is 18.7. The number of benzene rings is 1. The Bertz CT molecular complexity index is 980. The molecule has 7 nitrogen and oxygen atoms in total. The van der Waals surface area contributed by atoms with Crippen molar-refractivity contribution in [1.82, 2.24) is 9.29 Å². The quantitative estimate of drug-likeness (QED) is 0.725. The lowest BCUT2D eigenvalue weighted by Gasteiger charge is -2.26. The minimum atomic E-state index is -3.59. The zero-order valence-electron chi connectivity index (χ0n) is 17.9. The van der Waals surface area contributed by atoms with Crippen LogP contribution in [0.3, 0.4) is 0 Å². The largest absolute Gasteiger partial charge is 0.357 e. The number of rotatable bonds is 7. The fourth-order valence-corrected chi connectivity index (χ4v) is 5.20. The minimum Gasteiger partial charge on any atom is -0.357 e. The van der Waals surface area contributed by atoms with E-state index in [1.54, 1.807) is 25.3 Å². The highest BCUT2D eigenvalue weighted by atomic mass is 32.2. The highest BCUT2D eigenvalue weighted by Crippen LogP contribution is 2.23. The van der Waals surface area contributed by atoms with E-state index in [1.165, 1.54) is 10.4 Å². The van der Waals surface area contributed by atoms with Gasteiger partial charge in [-0.25, -0.2) is 13.4 Å². The van der Waals surface area contributed by atoms with Gasteiger partial charge in [-0.2, -0.15) is 4.31 Å². The predicted octanol–water partition coefficient (Wildman–Crippen LogP) is 3.66. The molecule has 0 radical (unpaired) electrons. The summed E-state index contributed by atoms with van der Waals surface area (Å²) < 4.78 is 27.5. The number of carbonyl (C=O) groups excluding carboxylic acids is 1. The van der Waals surface area contributed by atoms with Crippen molar-refractivity contribution in [3.05, 3.63) is 47.7 Å². The lowest BCUT2D eigenvalue weighted by Crippen LogP contribution is -2.35. The number of aromatic nitrogens is 1. The molecular weight excluding hydrogens is 400 g/mol. The summed E-state index contributed by atoms with van der Waals surface area (Å²) in [6.07, 6.45) is 4.41. The molecule has 0 spiro atoms. The van der Waals surface area contributed by atoms with Crippen LogP contribution in [-0.4, -0.2) is 49.8 Å². The Morgan fingerprint density at radius 1 is 1.10 bits per heavy atom. The smallest absolute Gasteiger partial charge is 0.256 e. The molecule has 1 fully saturated rings. The monoisotopic (exact) mass is 430 g/mol. The number of nitrogens with one attached hydrogen (secondary N) is 1. The van der Waals surface area contributed by atoms with Gasteiger partial charge in [0.25, 0.3) is 5.91 Å². The van der Waals surface area contributed by atoms with E-state index in [-0.39, 0.29) is 10.8 Å². The number of hydrogen-bond donors (Lipinski definition) is 1. The van der Waals surface area contributed by atoms with E-state index in [2.05, 4.69) is 29.0 Å². The number of sulfonamides is 1. The number of pyridine rings is 1. The molecule has 1 aromatic heterocycles. The molecule has 0 atom stereocenters. The number of nitrogens with zero attached hydrogens (tertiary/aromatic N) is 3. The van der Waals surface area contributed by atoms with Gasteiger partial charge in [0, 0.05) is 31.7 Å². The molecule has 3 rings (SSSR count). The third-order valence-electron chi connectivity index (χ3n) is 5.50. The molecule has 1 saturated heterocycles. The molecule has 0 aliphatic carbocycles. The Kier molecular flexibility index (Phi) is 7.10. The highest BCUT2D eigenvalue weighted by molar-refractivity contribution is 7.89. The van der Waals surface area contributed by atoms with Gasteiger partial charge in [-0.1, -0.05) is 12.5 Å². The molecule has 1 aromatic carbocycles. The third kappa shape index (κ3) is 4.82. The standard InChI is InChI=1S/C22H30N4O3S/c1-4-25(5-2)21-12-10-18(16-23-21)24-22(27)20-15-19(11-9-17(20)3)30(28,29)26-13-7-6-8-14-26/h9-12,15-16H,4-8,13-14H2,1-3H3,(H,24,27). The van der Waals surface area contributed by atoms with Crippen molar-refractivity contribution in [1.29, 1.82) is 0 Å². The molecule has 2 aromatic rings. The van der Waals surface area contributed by atoms with Crippen LogP contribution in [0, 0.1) is 6.92 Å². The number of piperidine rings is 1. The second kappa shape index (κ2) is 9.57. The molecule has 1 aliphatic rings. The summed E-state index contributed by atoms with van der Waals surface area (Å²) in [4.78, 5) is 19.6. The second-order valence-corrected chi connectivity index (χ2v) is 9.41. The molecule has 30 heavy (non-hydrogen) atoms. The third-order valence-corrected chi connectivity index (χ3v) is 7.39. The summed E-state index contributed by atoms with van der Waals surface area (Å²) in [6, 6.07) is 8.42. The first-order valence-corrected chi connectivity index (χ1v) is 11.9. The fourth-order valence-electron chi connectivity index (χ4n) is 3.65. The summed E-state index contributed by atoms with van der Waals surface area (Å²) in [5.74, 6) is 0.504. The Morgan fingerprint density at radius 3 is 2.40 bits per heavy atom. The maximum atomic E-state index is 13.0. The first-order chi connectivity index (χ1) is 14.4. The Hall–Kier alpha value is -2.45. The van der Waals surface area contributed by atoms with E-state index in [1.807, 2.05) is 12.1 Å². The molecular formula is C22H30N4O3S. The van der Waals surface area contributed by atoms with Gasteiger partial charge in [-0.15, -0.1) is 0 Å². The van der Waals surface area contributed by atoms with E-state index in [4.69, 9.17) is 0 Å². The molecule has 162 valence electrons. The zero-order chi connectivity index (χ0) is 21.7. The topological polar surface area (TPSA) is 82.6 Å². The van der Waals surface area contributed by atoms with Crippen molar-refractivity contribution in [2.24, 2.45) is 0 Å². The van der Waals surface area contributed by atoms with Crippen LogP contribution in [0.25, 0.3) is 0 Å². The van der Waals surface area contributed by atoms with Crippen molar-refractivity contribution >= 4 is 27.4 Å². The Balaban J connectivity index is 1.80. The van der Waals surface area contributed by atoms with Gasteiger partial charge in [0.15, 0.2) is 0 Å². The summed E-state index contributed by atoms with van der Waals surface area (Å²) in [6.45, 7) is 8.70. The summed E-state index contributed by atoms with van der Waals surface area (Å²) in [5, 5.41) is 2.83. The second-order valence-electron chi connectivity index (χ2n) is 7.47. The molecule has 0 unspecified atom stereocenters. The molecule has 2 heterocycles. The van der Waals surface area contributed by atoms with Crippen LogP contribution < -0.4 is 10.2 Å². The van der Waals surface area contributed by atoms with Crippen LogP contribution in [0.5, 0.6) is 0 Å². The maximum absolute atomic E-state index is 13.0. The number of anilines is 2. The summed E-state index contributed by atoms with van der Waals surface area (Å²) in [5.41, 5.74) is 1.64. The van der Waals surface area contributed by atoms with Crippen molar-refractivity contribution < 1.29 is 13.2 Å². The molecule has 1 amide bonds. The molecule has 1 aliphatic heterocycles. The minimum absolute atomic E-state index is 0.162. The summed E-state index contributed by atoms with van der Waals surface area (Å²) >= 11 is 0. The summed E-state index contributed by atoms with van der Waals surface area (Å²) in [7, 11) is -3.59. The number of hydrogen-bond acceptors (Lipinski definition) is 5. The average Bonchev–Trinajstić information content (AvgIpc) is 2.76. The molecule has 8 heteroatoms. The number of amides is 1. The van der Waals surface area contributed by atoms with Gasteiger partial charge in [-0.3, -0.25) is 4.79 Å².